The number of nitrogens with zero attached hydrogens (tertiary/aromatic N) is 1. The van der Waals surface area contributed by atoms with Crippen LogP contribution in [-0.4, -0.2) is 46.6 Å². The number of likely N-dealkylation sites (N-methyl/N-ethyl adjacent to an activating group) is 1. The van der Waals surface area contributed by atoms with Gasteiger partial charge in [0, 0.05) is 11.6 Å². The molecule has 2 aliphatic rings. The Balaban J connectivity index is 2.05. The summed E-state index contributed by atoms with van der Waals surface area (Å²) < 4.78 is 0. The molecule has 20 heavy (non-hydrogen) atoms. The molecule has 0 aliphatic heterocycles. The minimum absolute atomic E-state index is 0.0327. The predicted molar refractivity (Wildman–Crippen MR) is 76.5 cm³/mol. The zero-order valence-corrected chi connectivity index (χ0v) is 12.5. The summed E-state index contributed by atoms with van der Waals surface area (Å²) in [5.74, 6) is -0.737. The molecule has 0 saturated heterocycles. The van der Waals surface area contributed by atoms with Gasteiger partial charge in [0.05, 0.1) is 12.5 Å². The van der Waals surface area contributed by atoms with Crippen LogP contribution in [0.3, 0.4) is 0 Å². The highest BCUT2D eigenvalue weighted by Crippen LogP contribution is 2.37. The SMILES string of the molecule is CC(C(=O)NC1CC1)N(C)C1(CC(=O)O)CCCCC1. The Morgan fingerprint density at radius 3 is 2.40 bits per heavy atom. The third-order valence-electron chi connectivity index (χ3n) is 4.90. The lowest BCUT2D eigenvalue weighted by Crippen LogP contribution is -2.57. The maximum absolute atomic E-state index is 12.2. The second kappa shape index (κ2) is 6.12. The molecule has 1 amide bonds. The first-order valence-corrected chi connectivity index (χ1v) is 7.70. The number of carbonyl (C=O) groups is 2. The number of aliphatic carboxylic acids is 1. The van der Waals surface area contributed by atoms with Gasteiger partial charge in [0.1, 0.15) is 0 Å². The molecule has 2 fully saturated rings. The number of hydrogen-bond donors (Lipinski definition) is 2. The van der Waals surface area contributed by atoms with Crippen LogP contribution in [0.15, 0.2) is 0 Å². The van der Waals surface area contributed by atoms with Gasteiger partial charge < -0.3 is 10.4 Å². The molecule has 1 atom stereocenters. The molecule has 0 heterocycles. The molecule has 5 heteroatoms. The summed E-state index contributed by atoms with van der Waals surface area (Å²) in [7, 11) is 1.91. The highest BCUT2D eigenvalue weighted by molar-refractivity contribution is 5.82. The molecule has 0 spiro atoms. The average molecular weight is 282 g/mol. The van der Waals surface area contributed by atoms with Crippen LogP contribution in [0, 0.1) is 0 Å². The van der Waals surface area contributed by atoms with Gasteiger partial charge in [-0.15, -0.1) is 0 Å². The van der Waals surface area contributed by atoms with Gasteiger partial charge in [-0.3, -0.25) is 14.5 Å². The molecule has 5 nitrogen and oxygen atoms in total. The number of amides is 1. The summed E-state index contributed by atoms with van der Waals surface area (Å²) in [5.41, 5.74) is -0.357. The smallest absolute Gasteiger partial charge is 0.305 e. The van der Waals surface area contributed by atoms with Gasteiger partial charge in [0.25, 0.3) is 0 Å². The summed E-state index contributed by atoms with van der Waals surface area (Å²) in [4.78, 5) is 25.4. The van der Waals surface area contributed by atoms with Crippen LogP contribution in [0.5, 0.6) is 0 Å². The van der Waals surface area contributed by atoms with Crippen molar-refractivity contribution < 1.29 is 14.7 Å². The van der Waals surface area contributed by atoms with Crippen molar-refractivity contribution in [2.75, 3.05) is 7.05 Å². The van der Waals surface area contributed by atoms with Crippen LogP contribution >= 0.6 is 0 Å². The van der Waals surface area contributed by atoms with E-state index in [1.54, 1.807) is 0 Å². The quantitative estimate of drug-likeness (QED) is 0.779. The van der Waals surface area contributed by atoms with Gasteiger partial charge in [0.15, 0.2) is 0 Å². The van der Waals surface area contributed by atoms with Crippen molar-refractivity contribution in [3.63, 3.8) is 0 Å². The van der Waals surface area contributed by atoms with E-state index >= 15 is 0 Å². The molecule has 0 radical (unpaired) electrons. The summed E-state index contributed by atoms with van der Waals surface area (Å²) in [6.45, 7) is 1.88. The van der Waals surface area contributed by atoms with E-state index in [2.05, 4.69) is 5.32 Å². The van der Waals surface area contributed by atoms with E-state index in [1.165, 1.54) is 0 Å². The van der Waals surface area contributed by atoms with Crippen LogP contribution in [0.1, 0.15) is 58.3 Å². The lowest BCUT2D eigenvalue weighted by molar-refractivity contribution is -0.143. The Kier molecular flexibility index (Phi) is 4.68. The Morgan fingerprint density at radius 1 is 1.30 bits per heavy atom. The van der Waals surface area contributed by atoms with Crippen LogP contribution in [0.4, 0.5) is 0 Å². The van der Waals surface area contributed by atoms with E-state index in [9.17, 15) is 14.7 Å². The summed E-state index contributed by atoms with van der Waals surface area (Å²) >= 11 is 0. The molecule has 0 bridgehead atoms. The monoisotopic (exact) mass is 282 g/mol. The van der Waals surface area contributed by atoms with Gasteiger partial charge in [-0.25, -0.2) is 0 Å². The largest absolute Gasteiger partial charge is 0.481 e. The van der Waals surface area contributed by atoms with Crippen molar-refractivity contribution in [2.24, 2.45) is 0 Å². The number of carbonyl (C=O) groups excluding carboxylic acids is 1. The summed E-state index contributed by atoms with van der Waals surface area (Å²) in [6.07, 6.45) is 7.28. The van der Waals surface area contributed by atoms with E-state index < -0.39 is 5.97 Å². The van der Waals surface area contributed by atoms with Crippen molar-refractivity contribution in [3.8, 4) is 0 Å². The molecule has 2 saturated carbocycles. The normalized spacial score (nSPS) is 23.4. The standard InChI is InChI=1S/C15H26N2O3/c1-11(14(20)16-12-6-7-12)17(2)15(10-13(18)19)8-4-3-5-9-15/h11-12H,3-10H2,1-2H3,(H,16,20)(H,18,19). The first kappa shape index (κ1) is 15.3. The lowest BCUT2D eigenvalue weighted by atomic mass is 9.77. The van der Waals surface area contributed by atoms with Crippen molar-refractivity contribution in [3.05, 3.63) is 0 Å². The molecule has 2 rings (SSSR count). The van der Waals surface area contributed by atoms with E-state index in [0.29, 0.717) is 6.04 Å². The molecule has 0 aromatic rings. The first-order chi connectivity index (χ1) is 9.44. The molecule has 0 aromatic carbocycles. The highest BCUT2D eigenvalue weighted by Gasteiger charge is 2.42. The number of hydrogen-bond acceptors (Lipinski definition) is 3. The maximum Gasteiger partial charge on any atom is 0.305 e. The topological polar surface area (TPSA) is 69.6 Å². The summed E-state index contributed by atoms with van der Waals surface area (Å²) in [5, 5.41) is 12.2. The second-order valence-corrected chi connectivity index (χ2v) is 6.43. The summed E-state index contributed by atoms with van der Waals surface area (Å²) in [6, 6.07) is 0.0770. The average Bonchev–Trinajstić information content (AvgIpc) is 3.21. The van der Waals surface area contributed by atoms with E-state index in [0.717, 1.165) is 44.9 Å². The fraction of sp³-hybridized carbons (Fsp3) is 0.867. The molecular weight excluding hydrogens is 256 g/mol. The zero-order valence-electron chi connectivity index (χ0n) is 12.5. The molecule has 2 aliphatic carbocycles. The number of rotatable bonds is 6. The van der Waals surface area contributed by atoms with Gasteiger partial charge in [0.2, 0.25) is 5.91 Å². The van der Waals surface area contributed by atoms with Gasteiger partial charge in [-0.2, -0.15) is 0 Å². The fourth-order valence-electron chi connectivity index (χ4n) is 3.28. The van der Waals surface area contributed by atoms with E-state index in [1.807, 2.05) is 18.9 Å². The zero-order chi connectivity index (χ0) is 14.8. The van der Waals surface area contributed by atoms with Gasteiger partial charge in [-0.1, -0.05) is 19.3 Å². The van der Waals surface area contributed by atoms with Gasteiger partial charge >= 0.3 is 5.97 Å². The van der Waals surface area contributed by atoms with Crippen molar-refractivity contribution in [1.82, 2.24) is 10.2 Å². The third kappa shape index (κ3) is 3.51. The molecular formula is C15H26N2O3. The first-order valence-electron chi connectivity index (χ1n) is 7.70. The van der Waals surface area contributed by atoms with Crippen molar-refractivity contribution in [2.45, 2.75) is 75.9 Å². The van der Waals surface area contributed by atoms with E-state index in [-0.39, 0.29) is 23.9 Å². The number of nitrogens with one attached hydrogen (secondary N) is 1. The predicted octanol–water partition coefficient (Wildman–Crippen LogP) is 1.76. The second-order valence-electron chi connectivity index (χ2n) is 6.43. The Hall–Kier alpha value is -1.10. The molecule has 1 unspecified atom stereocenters. The van der Waals surface area contributed by atoms with Crippen molar-refractivity contribution >= 4 is 11.9 Å². The third-order valence-corrected chi connectivity index (χ3v) is 4.90. The van der Waals surface area contributed by atoms with Gasteiger partial charge in [-0.05, 0) is 39.7 Å². The van der Waals surface area contributed by atoms with E-state index in [4.69, 9.17) is 0 Å². The minimum atomic E-state index is -0.770. The number of carboxylic acid groups (broad SMARTS) is 1. The Bertz CT molecular complexity index is 373. The lowest BCUT2D eigenvalue weighted by Gasteiger charge is -2.46. The Morgan fingerprint density at radius 2 is 1.90 bits per heavy atom. The van der Waals surface area contributed by atoms with Crippen LogP contribution in [0.25, 0.3) is 0 Å². The van der Waals surface area contributed by atoms with Crippen molar-refractivity contribution in [1.29, 1.82) is 0 Å². The van der Waals surface area contributed by atoms with Crippen LogP contribution in [-0.2, 0) is 9.59 Å². The Labute approximate surface area is 120 Å². The fourth-order valence-corrected chi connectivity index (χ4v) is 3.28. The molecule has 114 valence electrons. The number of carboxylic acids is 1. The maximum atomic E-state index is 12.2. The van der Waals surface area contributed by atoms with Crippen LogP contribution < -0.4 is 5.32 Å². The highest BCUT2D eigenvalue weighted by atomic mass is 16.4. The molecule has 0 aromatic heterocycles. The minimum Gasteiger partial charge on any atom is -0.481 e. The molecule has 2 N–H and O–H groups in total. The van der Waals surface area contributed by atoms with Crippen LogP contribution in [0.2, 0.25) is 0 Å².